The Bertz CT molecular complexity index is 617. The van der Waals surface area contributed by atoms with E-state index in [2.05, 4.69) is 10.5 Å². The van der Waals surface area contributed by atoms with Crippen LogP contribution in [-0.2, 0) is 11.2 Å². The number of aryl methyl sites for hydroxylation is 1. The second-order valence-electron chi connectivity index (χ2n) is 5.30. The Morgan fingerprint density at radius 2 is 2.09 bits per heavy atom. The van der Waals surface area contributed by atoms with Gasteiger partial charge in [0.05, 0.1) is 12.3 Å². The van der Waals surface area contributed by atoms with Gasteiger partial charge in [-0.3, -0.25) is 4.79 Å². The van der Waals surface area contributed by atoms with Crippen LogP contribution in [0.2, 0.25) is 0 Å². The van der Waals surface area contributed by atoms with Gasteiger partial charge in [-0.1, -0.05) is 0 Å². The molecule has 1 aromatic heterocycles. The van der Waals surface area contributed by atoms with E-state index in [0.29, 0.717) is 11.5 Å². The highest BCUT2D eigenvalue weighted by molar-refractivity contribution is 6.06. The van der Waals surface area contributed by atoms with Crippen LogP contribution in [0.5, 0.6) is 0 Å². The van der Waals surface area contributed by atoms with Crippen LogP contribution in [0.15, 0.2) is 9.52 Å². The molecule has 7 nitrogen and oxygen atoms in total. The smallest absolute Gasteiger partial charge is 0.427 e. The van der Waals surface area contributed by atoms with E-state index in [0.717, 1.165) is 36.1 Å². The first-order valence-corrected chi connectivity index (χ1v) is 7.29. The van der Waals surface area contributed by atoms with Gasteiger partial charge in [-0.15, -0.1) is 0 Å². The highest BCUT2D eigenvalue weighted by Crippen LogP contribution is 2.30. The van der Waals surface area contributed by atoms with E-state index in [4.69, 9.17) is 9.15 Å². The van der Waals surface area contributed by atoms with Crippen molar-refractivity contribution < 1.29 is 18.7 Å². The number of ether oxygens (including phenoxy) is 1. The molecule has 22 heavy (non-hydrogen) atoms. The molecular formula is C15H21N3O4. The summed E-state index contributed by atoms with van der Waals surface area (Å²) >= 11 is 0. The predicted molar refractivity (Wildman–Crippen MR) is 81.1 cm³/mol. The number of carbonyl (C=O) groups excluding carboxylic acids is 2. The van der Waals surface area contributed by atoms with Gasteiger partial charge in [0.2, 0.25) is 0 Å². The van der Waals surface area contributed by atoms with Crippen molar-refractivity contribution in [2.24, 2.45) is 5.10 Å². The lowest BCUT2D eigenvalue weighted by atomic mass is 9.93. The number of furan rings is 1. The first kappa shape index (κ1) is 16.1. The molecule has 0 unspecified atom stereocenters. The summed E-state index contributed by atoms with van der Waals surface area (Å²) in [5, 5.41) is 4.13. The van der Waals surface area contributed by atoms with Gasteiger partial charge in [-0.05, 0) is 26.7 Å². The van der Waals surface area contributed by atoms with Crippen LogP contribution in [0, 0.1) is 6.92 Å². The second kappa shape index (κ2) is 6.64. The molecule has 0 fully saturated rings. The standard InChI is InChI=1S/C15H21N3O4/c1-5-21-15(20)17-16-10-7-6-8-11-12(10)9(2)13(22-11)14(19)18(3)4/h5-8H2,1-4H3,(H,17,20)/b16-10+. The highest BCUT2D eigenvalue weighted by Gasteiger charge is 2.28. The lowest BCUT2D eigenvalue weighted by Crippen LogP contribution is -2.23. The van der Waals surface area contributed by atoms with Gasteiger partial charge in [0.1, 0.15) is 5.76 Å². The molecule has 2 amide bonds. The van der Waals surface area contributed by atoms with E-state index in [1.807, 2.05) is 6.92 Å². The van der Waals surface area contributed by atoms with Crippen molar-refractivity contribution in [3.8, 4) is 0 Å². The Morgan fingerprint density at radius 3 is 2.73 bits per heavy atom. The Labute approximate surface area is 129 Å². The maximum absolute atomic E-state index is 12.1. The number of hydrogen-bond acceptors (Lipinski definition) is 5. The topological polar surface area (TPSA) is 84.1 Å². The van der Waals surface area contributed by atoms with Crippen molar-refractivity contribution in [2.75, 3.05) is 20.7 Å². The Morgan fingerprint density at radius 1 is 1.36 bits per heavy atom. The van der Waals surface area contributed by atoms with Gasteiger partial charge < -0.3 is 14.1 Å². The fraction of sp³-hybridized carbons (Fsp3) is 0.533. The molecule has 1 N–H and O–H groups in total. The number of fused-ring (bicyclic) bond motifs is 1. The zero-order valence-corrected chi connectivity index (χ0v) is 13.4. The molecule has 0 saturated heterocycles. The van der Waals surface area contributed by atoms with Gasteiger partial charge in [0.25, 0.3) is 5.91 Å². The van der Waals surface area contributed by atoms with Crippen molar-refractivity contribution in [3.05, 3.63) is 22.6 Å². The summed E-state index contributed by atoms with van der Waals surface area (Å²) in [5.74, 6) is 0.906. The molecule has 2 rings (SSSR count). The maximum atomic E-state index is 12.1. The number of nitrogens with one attached hydrogen (secondary N) is 1. The van der Waals surface area contributed by atoms with Crippen LogP contribution in [0.3, 0.4) is 0 Å². The largest absolute Gasteiger partial charge is 0.455 e. The Balaban J connectivity index is 2.32. The van der Waals surface area contributed by atoms with E-state index in [9.17, 15) is 9.59 Å². The van der Waals surface area contributed by atoms with Crippen LogP contribution in [0.4, 0.5) is 4.79 Å². The summed E-state index contributed by atoms with van der Waals surface area (Å²) in [5.41, 5.74) is 4.68. The second-order valence-corrected chi connectivity index (χ2v) is 5.30. The molecule has 0 aromatic carbocycles. The van der Waals surface area contributed by atoms with Crippen molar-refractivity contribution in [3.63, 3.8) is 0 Å². The molecule has 1 aromatic rings. The minimum absolute atomic E-state index is 0.176. The van der Waals surface area contributed by atoms with E-state index in [1.54, 1.807) is 21.0 Å². The van der Waals surface area contributed by atoms with Crippen LogP contribution in [0.1, 0.15) is 47.2 Å². The van der Waals surface area contributed by atoms with Crippen molar-refractivity contribution >= 4 is 17.7 Å². The fourth-order valence-corrected chi connectivity index (χ4v) is 2.46. The van der Waals surface area contributed by atoms with Crippen LogP contribution in [-0.4, -0.2) is 43.3 Å². The van der Waals surface area contributed by atoms with Crippen molar-refractivity contribution in [2.45, 2.75) is 33.1 Å². The van der Waals surface area contributed by atoms with Gasteiger partial charge in [0, 0.05) is 31.6 Å². The molecule has 0 radical (unpaired) electrons. The number of amides is 2. The third kappa shape index (κ3) is 3.13. The van der Waals surface area contributed by atoms with Crippen molar-refractivity contribution in [1.29, 1.82) is 0 Å². The Hall–Kier alpha value is -2.31. The molecule has 1 aliphatic rings. The minimum atomic E-state index is -0.590. The minimum Gasteiger partial charge on any atom is -0.455 e. The summed E-state index contributed by atoms with van der Waals surface area (Å²) in [6.45, 7) is 3.85. The van der Waals surface area contributed by atoms with Gasteiger partial charge in [-0.25, -0.2) is 10.2 Å². The molecule has 0 atom stereocenters. The number of hydrogen-bond donors (Lipinski definition) is 1. The molecule has 0 bridgehead atoms. The normalized spacial score (nSPS) is 15.4. The molecule has 7 heteroatoms. The summed E-state index contributed by atoms with van der Waals surface area (Å²) < 4.78 is 10.5. The molecule has 0 saturated carbocycles. The highest BCUT2D eigenvalue weighted by atomic mass is 16.5. The zero-order valence-electron chi connectivity index (χ0n) is 13.4. The Kier molecular flexibility index (Phi) is 4.85. The molecular weight excluding hydrogens is 286 g/mol. The van der Waals surface area contributed by atoms with Crippen molar-refractivity contribution in [1.82, 2.24) is 10.3 Å². The van der Waals surface area contributed by atoms with Gasteiger partial charge >= 0.3 is 6.09 Å². The molecule has 0 spiro atoms. The quantitative estimate of drug-likeness (QED) is 0.866. The van der Waals surface area contributed by atoms with Gasteiger partial charge in [0.15, 0.2) is 5.76 Å². The van der Waals surface area contributed by atoms with E-state index in [1.165, 1.54) is 4.90 Å². The third-order valence-corrected chi connectivity index (χ3v) is 3.48. The first-order valence-electron chi connectivity index (χ1n) is 7.29. The van der Waals surface area contributed by atoms with Gasteiger partial charge in [-0.2, -0.15) is 5.10 Å². The van der Waals surface area contributed by atoms with E-state index >= 15 is 0 Å². The molecule has 1 aliphatic carbocycles. The SMILES string of the molecule is CCOC(=O)N/N=C1\CCCc2oc(C(=O)N(C)C)c(C)c21. The zero-order chi connectivity index (χ0) is 16.3. The first-order chi connectivity index (χ1) is 10.5. The van der Waals surface area contributed by atoms with E-state index in [-0.39, 0.29) is 12.5 Å². The number of hydrazone groups is 1. The third-order valence-electron chi connectivity index (χ3n) is 3.48. The fourth-order valence-electron chi connectivity index (χ4n) is 2.46. The average molecular weight is 307 g/mol. The van der Waals surface area contributed by atoms with Crippen LogP contribution >= 0.6 is 0 Å². The number of nitrogens with zero attached hydrogens (tertiary/aromatic N) is 2. The average Bonchev–Trinajstić information content (AvgIpc) is 2.82. The number of rotatable bonds is 3. The molecule has 0 aliphatic heterocycles. The summed E-state index contributed by atoms with van der Waals surface area (Å²) in [7, 11) is 3.36. The van der Waals surface area contributed by atoms with Crippen LogP contribution < -0.4 is 5.43 Å². The van der Waals surface area contributed by atoms with Crippen LogP contribution in [0.25, 0.3) is 0 Å². The summed E-state index contributed by atoms with van der Waals surface area (Å²) in [4.78, 5) is 25.0. The summed E-state index contributed by atoms with van der Waals surface area (Å²) in [6, 6.07) is 0. The molecule has 120 valence electrons. The number of carbonyl (C=O) groups is 2. The predicted octanol–water partition coefficient (Wildman–Crippen LogP) is 2.08. The lowest BCUT2D eigenvalue weighted by molar-refractivity contribution is 0.0793. The maximum Gasteiger partial charge on any atom is 0.427 e. The monoisotopic (exact) mass is 307 g/mol. The summed E-state index contributed by atoms with van der Waals surface area (Å²) in [6.07, 6.45) is 1.75. The lowest BCUT2D eigenvalue weighted by Gasteiger charge is -2.13. The molecule has 1 heterocycles. The van der Waals surface area contributed by atoms with E-state index < -0.39 is 6.09 Å².